The van der Waals surface area contributed by atoms with E-state index in [0.717, 1.165) is 38.1 Å². The summed E-state index contributed by atoms with van der Waals surface area (Å²) in [6.07, 6.45) is 2.23. The number of alkyl halides is 3. The Balaban J connectivity index is 1.58. The highest BCUT2D eigenvalue weighted by atomic mass is 19.4. The first-order valence-corrected chi connectivity index (χ1v) is 9.93. The fraction of sp³-hybridized carbons (Fsp3) is 0.286. The Morgan fingerprint density at radius 2 is 1.97 bits per heavy atom. The average molecular weight is 428 g/mol. The number of hydrogen-bond acceptors (Lipinski definition) is 6. The summed E-state index contributed by atoms with van der Waals surface area (Å²) in [5, 5.41) is 6.66. The number of fused-ring (bicyclic) bond motifs is 1. The third-order valence-electron chi connectivity index (χ3n) is 5.30. The van der Waals surface area contributed by atoms with Crippen LogP contribution in [0.15, 0.2) is 53.4 Å². The van der Waals surface area contributed by atoms with Crippen LogP contribution in [-0.2, 0) is 6.18 Å². The van der Waals surface area contributed by atoms with E-state index in [4.69, 9.17) is 4.42 Å². The summed E-state index contributed by atoms with van der Waals surface area (Å²) in [7, 11) is 0. The summed E-state index contributed by atoms with van der Waals surface area (Å²) in [4.78, 5) is 13.4. The van der Waals surface area contributed by atoms with Crippen LogP contribution in [0, 0.1) is 0 Å². The lowest BCUT2D eigenvalue weighted by molar-refractivity contribution is -0.137. The minimum Gasteiger partial charge on any atom is -0.432 e. The Labute approximate surface area is 175 Å². The molecule has 4 heterocycles. The molecular weight excluding hydrogens is 409 g/mol. The minimum absolute atomic E-state index is 0.263. The highest BCUT2D eigenvalue weighted by molar-refractivity contribution is 5.80. The van der Waals surface area contributed by atoms with E-state index in [1.807, 2.05) is 0 Å². The molecule has 1 aromatic carbocycles. The molecule has 5 rings (SSSR count). The first-order chi connectivity index (χ1) is 15.0. The molecule has 0 spiro atoms. The van der Waals surface area contributed by atoms with E-state index < -0.39 is 11.7 Å². The molecule has 0 radical (unpaired) electrons. The van der Waals surface area contributed by atoms with Gasteiger partial charge < -0.3 is 15.1 Å². The largest absolute Gasteiger partial charge is 0.432 e. The van der Waals surface area contributed by atoms with Crippen molar-refractivity contribution >= 4 is 11.8 Å². The van der Waals surface area contributed by atoms with Crippen LogP contribution in [0.25, 0.3) is 28.5 Å². The summed E-state index contributed by atoms with van der Waals surface area (Å²) in [6.45, 7) is 1.85. The molecule has 4 aromatic rings. The van der Waals surface area contributed by atoms with Crippen LogP contribution in [0.3, 0.4) is 0 Å². The van der Waals surface area contributed by atoms with Crippen molar-refractivity contribution in [2.45, 2.75) is 25.1 Å². The molecule has 7 nitrogen and oxygen atoms in total. The second-order valence-electron chi connectivity index (χ2n) is 7.38. The maximum atomic E-state index is 13.2. The number of halogens is 3. The van der Waals surface area contributed by atoms with E-state index in [1.165, 1.54) is 12.3 Å². The van der Waals surface area contributed by atoms with Gasteiger partial charge in [0, 0.05) is 24.0 Å². The molecular formula is C21H19F3N6O. The highest BCUT2D eigenvalue weighted by Gasteiger charge is 2.31. The molecule has 31 heavy (non-hydrogen) atoms. The maximum absolute atomic E-state index is 13.2. The molecule has 0 unspecified atom stereocenters. The number of anilines is 1. The average Bonchev–Trinajstić information content (AvgIpc) is 3.35. The van der Waals surface area contributed by atoms with Crippen LogP contribution >= 0.6 is 0 Å². The second kappa shape index (κ2) is 7.69. The third kappa shape index (κ3) is 3.86. The number of oxazole rings is 1. The van der Waals surface area contributed by atoms with E-state index in [0.29, 0.717) is 28.6 Å². The Morgan fingerprint density at radius 1 is 1.13 bits per heavy atom. The molecule has 0 atom stereocenters. The summed E-state index contributed by atoms with van der Waals surface area (Å²) in [6, 6.07) is 7.05. The van der Waals surface area contributed by atoms with Crippen molar-refractivity contribution in [1.82, 2.24) is 24.7 Å². The van der Waals surface area contributed by atoms with Crippen LogP contribution in [-0.4, -0.2) is 38.5 Å². The summed E-state index contributed by atoms with van der Waals surface area (Å²) in [5.74, 6) is 0.742. The van der Waals surface area contributed by atoms with Gasteiger partial charge in [0.25, 0.3) is 0 Å². The standard InChI is InChI=1S/C21H19F3N6O/c22-21(23,24)14-3-1-2-13(12-14)17-18(30-10-11-31-20(30)29-17)16-6-9-26-19(28-16)27-15-4-7-25-8-5-15/h1-3,6,9-12,15,25H,4-5,7-8H2,(H,26,27,28). The van der Waals surface area contributed by atoms with Crippen LogP contribution in [0.4, 0.5) is 19.1 Å². The van der Waals surface area contributed by atoms with Gasteiger partial charge in [-0.25, -0.2) is 9.97 Å². The topological polar surface area (TPSA) is 80.3 Å². The van der Waals surface area contributed by atoms with Gasteiger partial charge >= 0.3 is 12.0 Å². The van der Waals surface area contributed by atoms with Crippen molar-refractivity contribution in [2.75, 3.05) is 18.4 Å². The Hall–Kier alpha value is -3.40. The SMILES string of the molecule is FC(F)(F)c1cccc(-c2nc3occn3c2-c2ccnc(NC3CCNCC3)n2)c1. The van der Waals surface area contributed by atoms with Crippen LogP contribution < -0.4 is 10.6 Å². The van der Waals surface area contributed by atoms with Gasteiger partial charge in [-0.1, -0.05) is 12.1 Å². The second-order valence-corrected chi connectivity index (χ2v) is 7.38. The van der Waals surface area contributed by atoms with Gasteiger partial charge in [-0.3, -0.25) is 4.40 Å². The fourth-order valence-electron chi connectivity index (χ4n) is 3.78. The zero-order valence-electron chi connectivity index (χ0n) is 16.4. The lowest BCUT2D eigenvalue weighted by Crippen LogP contribution is -2.35. The molecule has 1 aliphatic heterocycles. The number of aromatic nitrogens is 4. The lowest BCUT2D eigenvalue weighted by Gasteiger charge is -2.23. The molecule has 0 bridgehead atoms. The normalized spacial score (nSPS) is 15.5. The zero-order chi connectivity index (χ0) is 21.4. The number of piperidine rings is 1. The molecule has 0 saturated carbocycles. The number of nitrogens with zero attached hydrogens (tertiary/aromatic N) is 4. The smallest absolute Gasteiger partial charge is 0.416 e. The van der Waals surface area contributed by atoms with Gasteiger partial charge in [0.15, 0.2) is 0 Å². The minimum atomic E-state index is -4.45. The van der Waals surface area contributed by atoms with Crippen LogP contribution in [0.2, 0.25) is 0 Å². The zero-order valence-corrected chi connectivity index (χ0v) is 16.4. The van der Waals surface area contributed by atoms with E-state index in [2.05, 4.69) is 25.6 Å². The predicted molar refractivity (Wildman–Crippen MR) is 108 cm³/mol. The lowest BCUT2D eigenvalue weighted by atomic mass is 10.0. The van der Waals surface area contributed by atoms with Gasteiger partial charge in [0.2, 0.25) is 5.95 Å². The fourth-order valence-corrected chi connectivity index (χ4v) is 3.78. The molecule has 0 amide bonds. The Morgan fingerprint density at radius 3 is 2.77 bits per heavy atom. The molecule has 1 aliphatic rings. The number of rotatable bonds is 4. The van der Waals surface area contributed by atoms with Crippen molar-refractivity contribution in [3.63, 3.8) is 0 Å². The van der Waals surface area contributed by atoms with Crippen molar-refractivity contribution in [2.24, 2.45) is 0 Å². The molecule has 160 valence electrons. The molecule has 1 saturated heterocycles. The van der Waals surface area contributed by atoms with Crippen LogP contribution in [0.1, 0.15) is 18.4 Å². The Kier molecular flexibility index (Phi) is 4.85. The number of benzene rings is 1. The van der Waals surface area contributed by atoms with Crippen molar-refractivity contribution < 1.29 is 17.6 Å². The third-order valence-corrected chi connectivity index (χ3v) is 5.30. The van der Waals surface area contributed by atoms with Gasteiger partial charge in [0.1, 0.15) is 17.7 Å². The monoisotopic (exact) mass is 428 g/mol. The number of nitrogens with one attached hydrogen (secondary N) is 2. The molecule has 1 fully saturated rings. The van der Waals surface area contributed by atoms with Gasteiger partial charge in [-0.15, -0.1) is 0 Å². The summed E-state index contributed by atoms with van der Waals surface area (Å²) < 4.78 is 46.8. The van der Waals surface area contributed by atoms with E-state index in [-0.39, 0.29) is 11.9 Å². The quantitative estimate of drug-likeness (QED) is 0.506. The molecule has 3 aromatic heterocycles. The van der Waals surface area contributed by atoms with Gasteiger partial charge in [0.05, 0.1) is 11.3 Å². The molecule has 10 heteroatoms. The van der Waals surface area contributed by atoms with Gasteiger partial charge in [-0.2, -0.15) is 18.2 Å². The summed E-state index contributed by atoms with van der Waals surface area (Å²) in [5.41, 5.74) is 1.02. The predicted octanol–water partition coefficient (Wildman–Crippen LogP) is 4.23. The maximum Gasteiger partial charge on any atom is 0.416 e. The Bertz CT molecular complexity index is 1210. The molecule has 0 aliphatic carbocycles. The van der Waals surface area contributed by atoms with E-state index in [1.54, 1.807) is 28.9 Å². The number of imidazole rings is 1. The van der Waals surface area contributed by atoms with Crippen LogP contribution in [0.5, 0.6) is 0 Å². The van der Waals surface area contributed by atoms with Gasteiger partial charge in [-0.05, 0) is 44.1 Å². The van der Waals surface area contributed by atoms with Crippen molar-refractivity contribution in [3.8, 4) is 22.6 Å². The summed E-state index contributed by atoms with van der Waals surface area (Å²) >= 11 is 0. The molecule has 2 N–H and O–H groups in total. The first-order valence-electron chi connectivity index (χ1n) is 9.93. The van der Waals surface area contributed by atoms with Crippen molar-refractivity contribution in [1.29, 1.82) is 0 Å². The van der Waals surface area contributed by atoms with E-state index >= 15 is 0 Å². The number of hydrogen-bond donors (Lipinski definition) is 2. The first kappa shape index (κ1) is 19.6. The highest BCUT2D eigenvalue weighted by Crippen LogP contribution is 2.36. The van der Waals surface area contributed by atoms with E-state index in [9.17, 15) is 13.2 Å². The van der Waals surface area contributed by atoms with Crippen molar-refractivity contribution in [3.05, 3.63) is 54.6 Å².